The molecular formula is C17H16ClN5O2. The number of oxazole rings is 1. The predicted octanol–water partition coefficient (Wildman–Crippen LogP) is 2.67. The number of carbonyl (C=O) groups excluding carboxylic acids is 1. The highest BCUT2D eigenvalue weighted by Gasteiger charge is 2.25. The molecule has 25 heavy (non-hydrogen) atoms. The van der Waals surface area contributed by atoms with E-state index in [1.807, 2.05) is 17.0 Å². The predicted molar refractivity (Wildman–Crippen MR) is 93.8 cm³/mol. The van der Waals surface area contributed by atoms with Crippen LogP contribution in [0.3, 0.4) is 0 Å². The molecule has 1 aliphatic heterocycles. The summed E-state index contributed by atoms with van der Waals surface area (Å²) in [6, 6.07) is 7.49. The first-order valence-electron chi connectivity index (χ1n) is 8.08. The zero-order valence-electron chi connectivity index (χ0n) is 13.4. The Balaban J connectivity index is 1.45. The smallest absolute Gasteiger partial charge is 0.300 e. The molecule has 0 aliphatic carbocycles. The van der Waals surface area contributed by atoms with Gasteiger partial charge in [0.1, 0.15) is 5.15 Å². The molecular weight excluding hydrogens is 342 g/mol. The molecule has 8 heteroatoms. The van der Waals surface area contributed by atoms with E-state index in [4.69, 9.17) is 16.0 Å². The second-order valence-corrected chi connectivity index (χ2v) is 6.34. The first-order chi connectivity index (χ1) is 12.2. The molecule has 1 unspecified atom stereocenters. The third-order valence-corrected chi connectivity index (χ3v) is 4.39. The SMILES string of the molecule is O=C(NC1CCCN(c2nc3ncccc3o2)C1)c1ccc(Cl)nc1. The van der Waals surface area contributed by atoms with E-state index in [1.54, 1.807) is 18.3 Å². The summed E-state index contributed by atoms with van der Waals surface area (Å²) in [5.74, 6) is -0.157. The van der Waals surface area contributed by atoms with Gasteiger partial charge in [-0.25, -0.2) is 9.97 Å². The van der Waals surface area contributed by atoms with E-state index in [-0.39, 0.29) is 11.9 Å². The van der Waals surface area contributed by atoms with E-state index in [2.05, 4.69) is 20.3 Å². The van der Waals surface area contributed by atoms with E-state index < -0.39 is 0 Å². The van der Waals surface area contributed by atoms with E-state index >= 15 is 0 Å². The topological polar surface area (TPSA) is 84.2 Å². The average molecular weight is 358 g/mol. The Hall–Kier alpha value is -2.67. The molecule has 0 spiro atoms. The van der Waals surface area contributed by atoms with Crippen LogP contribution in [0, 0.1) is 0 Å². The molecule has 1 aliphatic rings. The Morgan fingerprint density at radius 2 is 2.24 bits per heavy atom. The molecule has 128 valence electrons. The van der Waals surface area contributed by atoms with Crippen LogP contribution in [-0.4, -0.2) is 40.0 Å². The molecule has 3 aromatic heterocycles. The minimum atomic E-state index is -0.157. The molecule has 3 aromatic rings. The summed E-state index contributed by atoms with van der Waals surface area (Å²) in [4.78, 5) is 26.9. The van der Waals surface area contributed by atoms with Crippen LogP contribution in [0.15, 0.2) is 41.1 Å². The first-order valence-corrected chi connectivity index (χ1v) is 8.46. The number of hydrogen-bond acceptors (Lipinski definition) is 6. The summed E-state index contributed by atoms with van der Waals surface area (Å²) in [6.07, 6.45) is 5.01. The van der Waals surface area contributed by atoms with Crippen molar-refractivity contribution in [3.8, 4) is 0 Å². The zero-order valence-corrected chi connectivity index (χ0v) is 14.1. The van der Waals surface area contributed by atoms with E-state index in [1.165, 1.54) is 6.20 Å². The summed E-state index contributed by atoms with van der Waals surface area (Å²) >= 11 is 5.76. The van der Waals surface area contributed by atoms with Crippen LogP contribution in [0.2, 0.25) is 5.15 Å². The molecule has 1 N–H and O–H groups in total. The van der Waals surface area contributed by atoms with Crippen LogP contribution in [0.25, 0.3) is 11.2 Å². The van der Waals surface area contributed by atoms with Crippen LogP contribution in [0.1, 0.15) is 23.2 Å². The second kappa shape index (κ2) is 6.68. The number of anilines is 1. The number of hydrogen-bond donors (Lipinski definition) is 1. The van der Waals surface area contributed by atoms with Crippen LogP contribution < -0.4 is 10.2 Å². The number of piperidine rings is 1. The molecule has 1 fully saturated rings. The monoisotopic (exact) mass is 357 g/mol. The lowest BCUT2D eigenvalue weighted by Crippen LogP contribution is -2.48. The standard InChI is InChI=1S/C17H16ClN5O2/c18-14-6-5-11(9-20-14)16(24)21-12-3-2-8-23(10-12)17-22-15-13(25-17)4-1-7-19-15/h1,4-7,9,12H,2-3,8,10H2,(H,21,24). The number of fused-ring (bicyclic) bond motifs is 1. The zero-order chi connectivity index (χ0) is 17.2. The third-order valence-electron chi connectivity index (χ3n) is 4.17. The first kappa shape index (κ1) is 15.8. The van der Waals surface area contributed by atoms with Gasteiger partial charge in [0.25, 0.3) is 11.9 Å². The highest BCUT2D eigenvalue weighted by Crippen LogP contribution is 2.23. The summed E-state index contributed by atoms with van der Waals surface area (Å²) in [5.41, 5.74) is 1.75. The number of amides is 1. The van der Waals surface area contributed by atoms with Gasteiger partial charge in [-0.05, 0) is 37.1 Å². The summed E-state index contributed by atoms with van der Waals surface area (Å²) in [7, 11) is 0. The van der Waals surface area contributed by atoms with Crippen LogP contribution in [0.4, 0.5) is 6.01 Å². The summed E-state index contributed by atoms with van der Waals surface area (Å²) in [6.45, 7) is 1.47. The number of nitrogens with one attached hydrogen (secondary N) is 1. The number of pyridine rings is 2. The number of aromatic nitrogens is 3. The molecule has 1 saturated heterocycles. The maximum Gasteiger partial charge on any atom is 0.300 e. The Morgan fingerprint density at radius 3 is 3.04 bits per heavy atom. The fourth-order valence-electron chi connectivity index (χ4n) is 2.94. The van der Waals surface area contributed by atoms with Gasteiger partial charge in [-0.2, -0.15) is 4.98 Å². The second-order valence-electron chi connectivity index (χ2n) is 5.95. The van der Waals surface area contributed by atoms with Crippen molar-refractivity contribution in [3.63, 3.8) is 0 Å². The van der Waals surface area contributed by atoms with Crippen molar-refractivity contribution in [2.24, 2.45) is 0 Å². The van der Waals surface area contributed by atoms with Crippen molar-refractivity contribution in [1.82, 2.24) is 20.3 Å². The lowest BCUT2D eigenvalue weighted by Gasteiger charge is -2.32. The quantitative estimate of drug-likeness (QED) is 0.725. The maximum atomic E-state index is 12.3. The van der Waals surface area contributed by atoms with E-state index in [9.17, 15) is 4.79 Å². The Bertz CT molecular complexity index is 862. The van der Waals surface area contributed by atoms with E-state index in [0.717, 1.165) is 19.4 Å². The van der Waals surface area contributed by atoms with Gasteiger partial charge in [0, 0.05) is 31.5 Å². The van der Waals surface area contributed by atoms with E-state index in [0.29, 0.717) is 34.5 Å². The van der Waals surface area contributed by atoms with Crippen molar-refractivity contribution >= 4 is 34.8 Å². The lowest BCUT2D eigenvalue weighted by atomic mass is 10.1. The average Bonchev–Trinajstić information content (AvgIpc) is 3.07. The highest BCUT2D eigenvalue weighted by molar-refractivity contribution is 6.29. The lowest BCUT2D eigenvalue weighted by molar-refractivity contribution is 0.0932. The van der Waals surface area contributed by atoms with Crippen LogP contribution in [0.5, 0.6) is 0 Å². The van der Waals surface area contributed by atoms with Crippen molar-refractivity contribution in [3.05, 3.63) is 47.4 Å². The van der Waals surface area contributed by atoms with Gasteiger partial charge in [-0.1, -0.05) is 11.6 Å². The summed E-state index contributed by atoms with van der Waals surface area (Å²) in [5, 5.41) is 3.41. The molecule has 0 radical (unpaired) electrons. The Morgan fingerprint density at radius 1 is 1.32 bits per heavy atom. The van der Waals surface area contributed by atoms with Gasteiger partial charge >= 0.3 is 0 Å². The molecule has 0 bridgehead atoms. The van der Waals surface area contributed by atoms with Crippen molar-refractivity contribution in [2.45, 2.75) is 18.9 Å². The van der Waals surface area contributed by atoms with Crippen molar-refractivity contribution in [2.75, 3.05) is 18.0 Å². The van der Waals surface area contributed by atoms with Gasteiger partial charge in [0.2, 0.25) is 5.65 Å². The highest BCUT2D eigenvalue weighted by atomic mass is 35.5. The minimum Gasteiger partial charge on any atom is -0.422 e. The normalized spacial score (nSPS) is 17.6. The fourth-order valence-corrected chi connectivity index (χ4v) is 3.05. The molecule has 7 nitrogen and oxygen atoms in total. The largest absolute Gasteiger partial charge is 0.422 e. The fraction of sp³-hybridized carbons (Fsp3) is 0.294. The molecule has 4 heterocycles. The molecule has 0 saturated carbocycles. The van der Waals surface area contributed by atoms with Gasteiger partial charge in [-0.3, -0.25) is 4.79 Å². The van der Waals surface area contributed by atoms with Gasteiger partial charge < -0.3 is 14.6 Å². The Labute approximate surface area is 149 Å². The third kappa shape index (κ3) is 3.41. The Kier molecular flexibility index (Phi) is 4.23. The summed E-state index contributed by atoms with van der Waals surface area (Å²) < 4.78 is 5.77. The minimum absolute atomic E-state index is 0.0138. The van der Waals surface area contributed by atoms with Crippen LogP contribution >= 0.6 is 11.6 Å². The maximum absolute atomic E-state index is 12.3. The number of halogens is 1. The molecule has 1 amide bonds. The van der Waals surface area contributed by atoms with Gasteiger partial charge in [-0.15, -0.1) is 0 Å². The molecule has 0 aromatic carbocycles. The van der Waals surface area contributed by atoms with Crippen molar-refractivity contribution in [1.29, 1.82) is 0 Å². The molecule has 4 rings (SSSR count). The van der Waals surface area contributed by atoms with Gasteiger partial charge in [0.05, 0.1) is 5.56 Å². The number of nitrogens with zero attached hydrogens (tertiary/aromatic N) is 4. The number of rotatable bonds is 3. The van der Waals surface area contributed by atoms with Crippen molar-refractivity contribution < 1.29 is 9.21 Å². The van der Waals surface area contributed by atoms with Gasteiger partial charge in [0.15, 0.2) is 5.58 Å². The van der Waals surface area contributed by atoms with Crippen LogP contribution in [-0.2, 0) is 0 Å². The number of carbonyl (C=O) groups is 1. The molecule has 1 atom stereocenters.